The van der Waals surface area contributed by atoms with E-state index in [1.807, 2.05) is 72.8 Å². The van der Waals surface area contributed by atoms with Gasteiger partial charge >= 0.3 is 0 Å². The van der Waals surface area contributed by atoms with Crippen LogP contribution >= 0.6 is 12.2 Å². The van der Waals surface area contributed by atoms with Gasteiger partial charge < -0.3 is 19.5 Å². The maximum absolute atomic E-state index is 5.88. The number of benzene rings is 3. The molecule has 1 aromatic heterocycles. The van der Waals surface area contributed by atoms with Crippen LogP contribution < -0.4 is 10.1 Å². The Labute approximate surface area is 216 Å². The zero-order valence-electron chi connectivity index (χ0n) is 20.0. The van der Waals surface area contributed by atoms with Gasteiger partial charge in [0.2, 0.25) is 0 Å². The maximum atomic E-state index is 5.88. The van der Waals surface area contributed by atoms with Gasteiger partial charge in [0.15, 0.2) is 10.9 Å². The Morgan fingerprint density at radius 3 is 2.42 bits per heavy atom. The van der Waals surface area contributed by atoms with E-state index in [2.05, 4.69) is 37.4 Å². The molecule has 0 aliphatic carbocycles. The summed E-state index contributed by atoms with van der Waals surface area (Å²) in [6, 6.07) is 27.9. The highest BCUT2D eigenvalue weighted by Crippen LogP contribution is 2.19. The fourth-order valence-electron chi connectivity index (χ4n) is 4.13. The number of rotatable bonds is 7. The van der Waals surface area contributed by atoms with Crippen molar-refractivity contribution in [2.75, 3.05) is 31.5 Å². The first-order chi connectivity index (χ1) is 17.7. The van der Waals surface area contributed by atoms with E-state index in [1.165, 1.54) is 0 Å². The minimum atomic E-state index is 0.549. The van der Waals surface area contributed by atoms with Gasteiger partial charge in [-0.25, -0.2) is 0 Å². The number of ether oxygens (including phenoxy) is 1. The van der Waals surface area contributed by atoms with Crippen LogP contribution in [0.15, 0.2) is 89.5 Å². The molecular formula is C28H29N5O2S. The average molecular weight is 500 g/mol. The number of aromatic nitrogens is 2. The lowest BCUT2D eigenvalue weighted by molar-refractivity contribution is 0.266. The molecule has 5 rings (SSSR count). The summed E-state index contributed by atoms with van der Waals surface area (Å²) in [4.78, 5) is 9.14. The van der Waals surface area contributed by atoms with E-state index in [9.17, 15) is 0 Å². The summed E-state index contributed by atoms with van der Waals surface area (Å²) in [6.45, 7) is 4.79. The highest BCUT2D eigenvalue weighted by Gasteiger charge is 2.19. The molecule has 36 heavy (non-hydrogen) atoms. The van der Waals surface area contributed by atoms with Crippen LogP contribution in [0.25, 0.3) is 11.5 Å². The number of nitrogens with one attached hydrogen (secondary N) is 1. The molecule has 0 spiro atoms. The molecule has 184 valence electrons. The third-order valence-corrected chi connectivity index (χ3v) is 6.44. The van der Waals surface area contributed by atoms with Crippen molar-refractivity contribution in [2.45, 2.75) is 19.6 Å². The van der Waals surface area contributed by atoms with Crippen molar-refractivity contribution in [3.05, 3.63) is 96.3 Å². The molecule has 1 fully saturated rings. The second kappa shape index (κ2) is 11.8. The predicted octanol–water partition coefficient (Wildman–Crippen LogP) is 5.22. The Morgan fingerprint density at radius 1 is 0.889 bits per heavy atom. The standard InChI is InChI=1S/C28H29N5O2S/c36-28(29-24-12-14-25(15-13-24)34-21-22-8-3-1-4-9-22)33-17-7-16-32(18-19-33)20-26-30-27(35-31-26)23-10-5-2-6-11-23/h1-6,8-15H,7,16-21H2,(H,29,36). The van der Waals surface area contributed by atoms with Crippen molar-refractivity contribution in [3.63, 3.8) is 0 Å². The molecule has 0 amide bonds. The lowest BCUT2D eigenvalue weighted by Gasteiger charge is -2.24. The van der Waals surface area contributed by atoms with Crippen molar-refractivity contribution in [2.24, 2.45) is 0 Å². The quantitative estimate of drug-likeness (QED) is 0.347. The molecule has 2 heterocycles. The molecule has 8 heteroatoms. The molecule has 0 bridgehead atoms. The van der Waals surface area contributed by atoms with E-state index in [4.69, 9.17) is 21.5 Å². The molecule has 3 aromatic carbocycles. The van der Waals surface area contributed by atoms with E-state index in [0.717, 1.165) is 60.3 Å². The largest absolute Gasteiger partial charge is 0.489 e. The topological polar surface area (TPSA) is 66.7 Å². The average Bonchev–Trinajstić information content (AvgIpc) is 3.26. The van der Waals surface area contributed by atoms with Crippen LogP contribution in [0.5, 0.6) is 5.75 Å². The van der Waals surface area contributed by atoms with E-state index in [-0.39, 0.29) is 0 Å². The Hall–Kier alpha value is -3.75. The summed E-state index contributed by atoms with van der Waals surface area (Å²) in [5, 5.41) is 8.28. The fraction of sp³-hybridized carbons (Fsp3) is 0.250. The predicted molar refractivity (Wildman–Crippen MR) is 145 cm³/mol. The molecule has 7 nitrogen and oxygen atoms in total. The molecule has 0 saturated carbocycles. The Kier molecular flexibility index (Phi) is 7.85. The van der Waals surface area contributed by atoms with Crippen LogP contribution in [-0.2, 0) is 13.2 Å². The summed E-state index contributed by atoms with van der Waals surface area (Å²) in [7, 11) is 0. The third-order valence-electron chi connectivity index (χ3n) is 6.08. The smallest absolute Gasteiger partial charge is 0.257 e. The zero-order valence-corrected chi connectivity index (χ0v) is 20.9. The Morgan fingerprint density at radius 2 is 1.64 bits per heavy atom. The SMILES string of the molecule is S=C(Nc1ccc(OCc2ccccc2)cc1)N1CCCN(Cc2noc(-c3ccccc3)n2)CC1. The molecule has 0 atom stereocenters. The molecule has 0 radical (unpaired) electrons. The fourth-order valence-corrected chi connectivity index (χ4v) is 4.43. The van der Waals surface area contributed by atoms with Crippen LogP contribution in [0.4, 0.5) is 5.69 Å². The third kappa shape index (κ3) is 6.47. The number of hydrogen-bond acceptors (Lipinski definition) is 6. The van der Waals surface area contributed by atoms with Gasteiger partial charge in [-0.05, 0) is 60.6 Å². The Bertz CT molecular complexity index is 1250. The lowest BCUT2D eigenvalue weighted by atomic mass is 10.2. The number of thiocarbonyl (C=S) groups is 1. The van der Waals surface area contributed by atoms with Gasteiger partial charge in [0.1, 0.15) is 12.4 Å². The minimum Gasteiger partial charge on any atom is -0.489 e. The second-order valence-electron chi connectivity index (χ2n) is 8.73. The van der Waals surface area contributed by atoms with E-state index < -0.39 is 0 Å². The van der Waals surface area contributed by atoms with Gasteiger partial charge in [0, 0.05) is 37.4 Å². The highest BCUT2D eigenvalue weighted by atomic mass is 32.1. The normalized spacial score (nSPS) is 14.3. The minimum absolute atomic E-state index is 0.549. The summed E-state index contributed by atoms with van der Waals surface area (Å²) < 4.78 is 11.3. The first-order valence-electron chi connectivity index (χ1n) is 12.2. The Balaban J connectivity index is 1.09. The highest BCUT2D eigenvalue weighted by molar-refractivity contribution is 7.80. The van der Waals surface area contributed by atoms with Gasteiger partial charge in [-0.3, -0.25) is 4.90 Å². The molecular weight excluding hydrogens is 470 g/mol. The van der Waals surface area contributed by atoms with Crippen molar-refractivity contribution < 1.29 is 9.26 Å². The summed E-state index contributed by atoms with van der Waals surface area (Å²) >= 11 is 5.72. The molecule has 1 saturated heterocycles. The van der Waals surface area contributed by atoms with Crippen molar-refractivity contribution >= 4 is 23.0 Å². The molecule has 0 unspecified atom stereocenters. The number of anilines is 1. The molecule has 1 aliphatic rings. The van der Waals surface area contributed by atoms with Crippen LogP contribution in [0, 0.1) is 0 Å². The lowest BCUT2D eigenvalue weighted by Crippen LogP contribution is -2.37. The van der Waals surface area contributed by atoms with Crippen LogP contribution in [-0.4, -0.2) is 51.2 Å². The van der Waals surface area contributed by atoms with Gasteiger partial charge in [0.05, 0.1) is 6.54 Å². The summed E-state index contributed by atoms with van der Waals surface area (Å²) in [5.41, 5.74) is 3.03. The monoisotopic (exact) mass is 499 g/mol. The maximum Gasteiger partial charge on any atom is 0.257 e. The first kappa shape index (κ1) is 24.0. The van der Waals surface area contributed by atoms with Crippen LogP contribution in [0.2, 0.25) is 0 Å². The van der Waals surface area contributed by atoms with Gasteiger partial charge in [0.25, 0.3) is 5.89 Å². The second-order valence-corrected chi connectivity index (χ2v) is 9.11. The van der Waals surface area contributed by atoms with E-state index in [1.54, 1.807) is 0 Å². The van der Waals surface area contributed by atoms with Crippen molar-refractivity contribution in [1.82, 2.24) is 19.9 Å². The summed E-state index contributed by atoms with van der Waals surface area (Å²) in [5.74, 6) is 2.10. The molecule has 1 N–H and O–H groups in total. The number of hydrogen-bond donors (Lipinski definition) is 1. The van der Waals surface area contributed by atoms with Crippen LogP contribution in [0.1, 0.15) is 17.8 Å². The van der Waals surface area contributed by atoms with Gasteiger partial charge in [-0.15, -0.1) is 0 Å². The van der Waals surface area contributed by atoms with Gasteiger partial charge in [-0.1, -0.05) is 53.7 Å². The number of nitrogens with zero attached hydrogens (tertiary/aromatic N) is 4. The van der Waals surface area contributed by atoms with Crippen molar-refractivity contribution in [3.8, 4) is 17.2 Å². The molecule has 1 aliphatic heterocycles. The summed E-state index contributed by atoms with van der Waals surface area (Å²) in [6.07, 6.45) is 1.01. The first-order valence-corrected chi connectivity index (χ1v) is 12.6. The molecule has 4 aromatic rings. The van der Waals surface area contributed by atoms with Crippen LogP contribution in [0.3, 0.4) is 0 Å². The van der Waals surface area contributed by atoms with Crippen molar-refractivity contribution in [1.29, 1.82) is 0 Å². The zero-order chi connectivity index (χ0) is 24.6. The van der Waals surface area contributed by atoms with Gasteiger partial charge in [-0.2, -0.15) is 4.98 Å². The van der Waals surface area contributed by atoms with E-state index >= 15 is 0 Å². The van der Waals surface area contributed by atoms with E-state index in [0.29, 0.717) is 24.9 Å².